The van der Waals surface area contributed by atoms with Gasteiger partial charge in [0.1, 0.15) is 0 Å². The van der Waals surface area contributed by atoms with Crippen LogP contribution in [0.3, 0.4) is 0 Å². The van der Waals surface area contributed by atoms with Crippen LogP contribution in [0.4, 0.5) is 0 Å². The summed E-state index contributed by atoms with van der Waals surface area (Å²) in [6.07, 6.45) is 8.63. The van der Waals surface area contributed by atoms with Crippen LogP contribution in [0, 0.1) is 0 Å². The lowest BCUT2D eigenvalue weighted by molar-refractivity contribution is 0.272. The molecule has 0 fully saturated rings. The molecule has 1 aromatic carbocycles. The van der Waals surface area contributed by atoms with Crippen molar-refractivity contribution in [3.8, 4) is 0 Å². The number of allylic oxidation sites excluding steroid dienone is 1. The number of nitrogens with zero attached hydrogens (tertiary/aromatic N) is 2. The maximum Gasteiger partial charge on any atom is 0.0535 e. The highest BCUT2D eigenvalue weighted by Gasteiger charge is 2.21. The molecule has 1 aromatic rings. The van der Waals surface area contributed by atoms with Gasteiger partial charge in [-0.2, -0.15) is 0 Å². The minimum Gasteiger partial charge on any atom is -0.296 e. The molecule has 1 aliphatic heterocycles. The molecule has 17 heavy (non-hydrogen) atoms. The van der Waals surface area contributed by atoms with Gasteiger partial charge in [-0.05, 0) is 30.7 Å². The predicted molar refractivity (Wildman–Crippen MR) is 73.3 cm³/mol. The maximum atomic E-state index is 3.97. The highest BCUT2D eigenvalue weighted by atomic mass is 15.1. The van der Waals surface area contributed by atoms with Crippen LogP contribution in [0.2, 0.25) is 0 Å². The van der Waals surface area contributed by atoms with Gasteiger partial charge in [0, 0.05) is 19.0 Å². The number of rotatable bonds is 3. The minimum absolute atomic E-state index is 0.358. The Morgan fingerprint density at radius 3 is 3.06 bits per heavy atom. The van der Waals surface area contributed by atoms with Gasteiger partial charge in [-0.3, -0.25) is 9.89 Å². The first-order valence-corrected chi connectivity index (χ1v) is 5.92. The van der Waals surface area contributed by atoms with E-state index in [1.165, 1.54) is 11.1 Å². The third-order valence-corrected chi connectivity index (χ3v) is 3.15. The fourth-order valence-electron chi connectivity index (χ4n) is 2.24. The van der Waals surface area contributed by atoms with E-state index >= 15 is 0 Å². The van der Waals surface area contributed by atoms with Crippen LogP contribution in [0.1, 0.15) is 17.2 Å². The fraction of sp³-hybridized carbons (Fsp3) is 0.267. The SMILES string of the molecule is C=CN=C/C=C/C1c2ccccc2CCN1C. The quantitative estimate of drug-likeness (QED) is 0.723. The summed E-state index contributed by atoms with van der Waals surface area (Å²) in [5.74, 6) is 0. The Morgan fingerprint density at radius 1 is 1.41 bits per heavy atom. The molecule has 0 radical (unpaired) electrons. The van der Waals surface area contributed by atoms with Crippen molar-refractivity contribution in [1.82, 2.24) is 4.90 Å². The van der Waals surface area contributed by atoms with Crippen molar-refractivity contribution < 1.29 is 0 Å². The van der Waals surface area contributed by atoms with Crippen LogP contribution in [-0.2, 0) is 6.42 Å². The van der Waals surface area contributed by atoms with Gasteiger partial charge < -0.3 is 0 Å². The van der Waals surface area contributed by atoms with E-state index < -0.39 is 0 Å². The van der Waals surface area contributed by atoms with Crippen molar-refractivity contribution in [3.05, 3.63) is 60.3 Å². The predicted octanol–water partition coefficient (Wildman–Crippen LogP) is 2.99. The molecule has 0 spiro atoms. The van der Waals surface area contributed by atoms with E-state index in [1.54, 1.807) is 12.4 Å². The van der Waals surface area contributed by atoms with Crippen LogP contribution in [0.25, 0.3) is 0 Å². The van der Waals surface area contributed by atoms with Gasteiger partial charge in [0.15, 0.2) is 0 Å². The van der Waals surface area contributed by atoms with Gasteiger partial charge in [-0.15, -0.1) is 0 Å². The Bertz CT molecular complexity index is 446. The molecular weight excluding hydrogens is 208 g/mol. The molecule has 0 saturated heterocycles. The summed E-state index contributed by atoms with van der Waals surface area (Å²) in [5.41, 5.74) is 2.87. The first-order valence-electron chi connectivity index (χ1n) is 5.92. The Balaban J connectivity index is 2.23. The zero-order chi connectivity index (χ0) is 12.1. The molecule has 0 bridgehead atoms. The highest BCUT2D eigenvalue weighted by Crippen LogP contribution is 2.29. The normalized spacial score (nSPS) is 20.9. The van der Waals surface area contributed by atoms with E-state index in [4.69, 9.17) is 0 Å². The summed E-state index contributed by atoms with van der Waals surface area (Å²) in [4.78, 5) is 6.33. The summed E-state index contributed by atoms with van der Waals surface area (Å²) >= 11 is 0. The van der Waals surface area contributed by atoms with Crippen molar-refractivity contribution >= 4 is 6.21 Å². The van der Waals surface area contributed by atoms with E-state index in [-0.39, 0.29) is 0 Å². The second-order valence-electron chi connectivity index (χ2n) is 4.24. The monoisotopic (exact) mass is 226 g/mol. The summed E-state index contributed by atoms with van der Waals surface area (Å²) in [7, 11) is 2.16. The van der Waals surface area contributed by atoms with E-state index in [0.717, 1.165) is 13.0 Å². The van der Waals surface area contributed by atoms with Gasteiger partial charge in [0.25, 0.3) is 0 Å². The fourth-order valence-corrected chi connectivity index (χ4v) is 2.24. The zero-order valence-corrected chi connectivity index (χ0v) is 10.2. The second-order valence-corrected chi connectivity index (χ2v) is 4.24. The number of benzene rings is 1. The van der Waals surface area contributed by atoms with Crippen LogP contribution in [0.5, 0.6) is 0 Å². The Morgan fingerprint density at radius 2 is 2.24 bits per heavy atom. The minimum atomic E-state index is 0.358. The molecule has 0 aliphatic carbocycles. The molecule has 1 heterocycles. The summed E-state index contributed by atoms with van der Waals surface area (Å²) in [6.45, 7) is 4.66. The van der Waals surface area contributed by atoms with Gasteiger partial charge >= 0.3 is 0 Å². The lowest BCUT2D eigenvalue weighted by atomic mass is 9.93. The first-order chi connectivity index (χ1) is 8.33. The molecule has 2 nitrogen and oxygen atoms in total. The summed E-state index contributed by atoms with van der Waals surface area (Å²) in [5, 5.41) is 0. The van der Waals surface area contributed by atoms with Crippen molar-refractivity contribution in [1.29, 1.82) is 0 Å². The smallest absolute Gasteiger partial charge is 0.0535 e. The van der Waals surface area contributed by atoms with Gasteiger partial charge in [0.05, 0.1) is 6.04 Å². The van der Waals surface area contributed by atoms with E-state index in [0.29, 0.717) is 6.04 Å². The van der Waals surface area contributed by atoms with Crippen molar-refractivity contribution in [2.75, 3.05) is 13.6 Å². The second kappa shape index (κ2) is 5.60. The molecule has 1 atom stereocenters. The van der Waals surface area contributed by atoms with Gasteiger partial charge in [0.2, 0.25) is 0 Å². The number of fused-ring (bicyclic) bond motifs is 1. The molecular formula is C15H18N2. The maximum absolute atomic E-state index is 3.97. The Labute approximate surface area is 103 Å². The molecule has 0 aromatic heterocycles. The molecule has 2 heteroatoms. The highest BCUT2D eigenvalue weighted by molar-refractivity contribution is 5.71. The molecule has 0 amide bonds. The Hall–Kier alpha value is -1.67. The average Bonchev–Trinajstić information content (AvgIpc) is 2.37. The van der Waals surface area contributed by atoms with E-state index in [2.05, 4.69) is 53.9 Å². The summed E-state index contributed by atoms with van der Waals surface area (Å²) < 4.78 is 0. The average molecular weight is 226 g/mol. The number of hydrogen-bond donors (Lipinski definition) is 0. The summed E-state index contributed by atoms with van der Waals surface area (Å²) in [6, 6.07) is 9.02. The molecule has 2 rings (SSSR count). The number of likely N-dealkylation sites (N-methyl/N-ethyl adjacent to an activating group) is 1. The molecule has 1 unspecified atom stereocenters. The molecule has 1 aliphatic rings. The van der Waals surface area contributed by atoms with E-state index in [1.807, 2.05) is 6.08 Å². The van der Waals surface area contributed by atoms with Crippen molar-refractivity contribution in [2.24, 2.45) is 4.99 Å². The van der Waals surface area contributed by atoms with Crippen molar-refractivity contribution in [3.63, 3.8) is 0 Å². The first kappa shape index (κ1) is 11.8. The lowest BCUT2D eigenvalue weighted by Gasteiger charge is -2.32. The van der Waals surface area contributed by atoms with Gasteiger partial charge in [-0.25, -0.2) is 0 Å². The van der Waals surface area contributed by atoms with E-state index in [9.17, 15) is 0 Å². The van der Waals surface area contributed by atoms with Crippen LogP contribution in [0.15, 0.2) is 54.2 Å². The van der Waals surface area contributed by atoms with Crippen molar-refractivity contribution in [2.45, 2.75) is 12.5 Å². The Kier molecular flexibility index (Phi) is 3.89. The molecule has 0 saturated carbocycles. The number of hydrogen-bond acceptors (Lipinski definition) is 2. The van der Waals surface area contributed by atoms with Crippen LogP contribution < -0.4 is 0 Å². The molecule has 88 valence electrons. The molecule has 0 N–H and O–H groups in total. The standard InChI is InChI=1S/C15H18N2/c1-3-16-11-6-9-15-14-8-5-4-7-13(14)10-12-17(15)2/h3-9,11,15H,1,10,12H2,2H3/b9-6+,16-11?. The zero-order valence-electron chi connectivity index (χ0n) is 10.2. The third-order valence-electron chi connectivity index (χ3n) is 3.15. The lowest BCUT2D eigenvalue weighted by Crippen LogP contribution is -2.30. The third kappa shape index (κ3) is 2.71. The van der Waals surface area contributed by atoms with Crippen LogP contribution in [-0.4, -0.2) is 24.7 Å². The topological polar surface area (TPSA) is 15.6 Å². The van der Waals surface area contributed by atoms with Gasteiger partial charge in [-0.1, -0.05) is 36.9 Å². The van der Waals surface area contributed by atoms with Crippen LogP contribution >= 0.6 is 0 Å². The number of aliphatic imine (C=N–C) groups is 1. The largest absolute Gasteiger partial charge is 0.296 e.